The molecule has 0 saturated heterocycles. The molecule has 1 aromatic carbocycles. The van der Waals surface area contributed by atoms with Gasteiger partial charge in [-0.3, -0.25) is 0 Å². The number of isocyanates is 1. The molecule has 0 aliphatic heterocycles. The highest BCUT2D eigenvalue weighted by Gasteiger charge is 2.52. The Hall–Kier alpha value is -1.60. The smallest absolute Gasteiger partial charge is 0.240 e. The monoisotopic (exact) mass is 283 g/mol. The van der Waals surface area contributed by atoms with Crippen molar-refractivity contribution in [2.75, 3.05) is 7.11 Å². The average molecular weight is 283 g/mol. The second-order valence-electron chi connectivity index (χ2n) is 7.29. The quantitative estimate of drug-likeness (QED) is 0.618. The van der Waals surface area contributed by atoms with E-state index in [2.05, 4.69) is 11.1 Å². The van der Waals surface area contributed by atoms with Crippen LogP contribution in [-0.4, -0.2) is 13.2 Å². The molecule has 3 heteroatoms. The number of carbonyl (C=O) groups excluding carboxylic acids is 1. The summed E-state index contributed by atoms with van der Waals surface area (Å²) in [6.07, 6.45) is 9.77. The normalized spacial score (nSPS) is 36.3. The van der Waals surface area contributed by atoms with Crippen LogP contribution in [0.15, 0.2) is 23.2 Å². The lowest BCUT2D eigenvalue weighted by molar-refractivity contribution is -0.00613. The van der Waals surface area contributed by atoms with E-state index in [1.165, 1.54) is 44.1 Å². The van der Waals surface area contributed by atoms with Crippen LogP contribution in [0.1, 0.15) is 44.1 Å². The lowest BCUT2D eigenvalue weighted by Gasteiger charge is -2.57. The molecule has 0 atom stereocenters. The molecule has 0 N–H and O–H groups in total. The number of hydrogen-bond acceptors (Lipinski definition) is 3. The van der Waals surface area contributed by atoms with Gasteiger partial charge < -0.3 is 4.74 Å². The molecule has 4 aliphatic carbocycles. The van der Waals surface area contributed by atoms with E-state index in [9.17, 15) is 4.79 Å². The van der Waals surface area contributed by atoms with Gasteiger partial charge in [0.1, 0.15) is 5.75 Å². The van der Waals surface area contributed by atoms with Gasteiger partial charge in [0.2, 0.25) is 6.08 Å². The van der Waals surface area contributed by atoms with Gasteiger partial charge in [0, 0.05) is 5.56 Å². The number of methoxy groups -OCH3 is 1. The zero-order valence-electron chi connectivity index (χ0n) is 12.5. The molecule has 0 amide bonds. The van der Waals surface area contributed by atoms with Crippen molar-refractivity contribution in [2.45, 2.75) is 43.9 Å². The molecular weight excluding hydrogens is 262 g/mol. The van der Waals surface area contributed by atoms with Crippen LogP contribution in [0.25, 0.3) is 0 Å². The molecule has 0 unspecified atom stereocenters. The minimum Gasteiger partial charge on any atom is -0.496 e. The summed E-state index contributed by atoms with van der Waals surface area (Å²) >= 11 is 0. The number of aliphatic imine (C=N–C) groups is 1. The molecule has 0 spiro atoms. The Balaban J connectivity index is 1.81. The molecule has 4 saturated carbocycles. The number of rotatable bonds is 3. The fourth-order valence-corrected chi connectivity index (χ4v) is 5.67. The van der Waals surface area contributed by atoms with Crippen LogP contribution < -0.4 is 4.74 Å². The first kappa shape index (κ1) is 13.1. The van der Waals surface area contributed by atoms with Gasteiger partial charge in [0.05, 0.1) is 12.8 Å². The summed E-state index contributed by atoms with van der Waals surface area (Å²) in [5.41, 5.74) is 2.24. The summed E-state index contributed by atoms with van der Waals surface area (Å²) in [5, 5.41) is 0. The van der Waals surface area contributed by atoms with E-state index in [-0.39, 0.29) is 5.41 Å². The van der Waals surface area contributed by atoms with Crippen LogP contribution in [0.2, 0.25) is 0 Å². The molecule has 1 aromatic rings. The second-order valence-corrected chi connectivity index (χ2v) is 7.29. The molecule has 4 bridgehead atoms. The van der Waals surface area contributed by atoms with E-state index in [0.29, 0.717) is 5.69 Å². The van der Waals surface area contributed by atoms with E-state index in [0.717, 1.165) is 23.5 Å². The third-order valence-electron chi connectivity index (χ3n) is 5.97. The molecule has 5 rings (SSSR count). The highest BCUT2D eigenvalue weighted by molar-refractivity contribution is 5.55. The first-order valence-corrected chi connectivity index (χ1v) is 7.99. The predicted molar refractivity (Wildman–Crippen MR) is 80.6 cm³/mol. The van der Waals surface area contributed by atoms with E-state index in [1.807, 2.05) is 12.1 Å². The Kier molecular flexibility index (Phi) is 2.93. The molecule has 21 heavy (non-hydrogen) atoms. The third kappa shape index (κ3) is 2.03. The maximum absolute atomic E-state index is 10.6. The highest BCUT2D eigenvalue weighted by atomic mass is 16.5. The lowest BCUT2D eigenvalue weighted by atomic mass is 9.48. The maximum Gasteiger partial charge on any atom is 0.240 e. The predicted octanol–water partition coefficient (Wildman–Crippen LogP) is 4.13. The van der Waals surface area contributed by atoms with Gasteiger partial charge in [0.25, 0.3) is 0 Å². The van der Waals surface area contributed by atoms with Gasteiger partial charge in [-0.1, -0.05) is 0 Å². The van der Waals surface area contributed by atoms with Crippen LogP contribution in [-0.2, 0) is 10.2 Å². The summed E-state index contributed by atoms with van der Waals surface area (Å²) in [5.74, 6) is 3.62. The summed E-state index contributed by atoms with van der Waals surface area (Å²) in [6.45, 7) is 0. The summed E-state index contributed by atoms with van der Waals surface area (Å²) in [6, 6.07) is 5.87. The van der Waals surface area contributed by atoms with Crippen LogP contribution in [0.5, 0.6) is 5.75 Å². The average Bonchev–Trinajstić information content (AvgIpc) is 2.46. The van der Waals surface area contributed by atoms with Crippen molar-refractivity contribution in [1.29, 1.82) is 0 Å². The highest BCUT2D eigenvalue weighted by Crippen LogP contribution is 2.62. The van der Waals surface area contributed by atoms with Crippen molar-refractivity contribution in [3.8, 4) is 5.75 Å². The van der Waals surface area contributed by atoms with E-state index in [4.69, 9.17) is 4.74 Å². The Labute approximate surface area is 125 Å². The van der Waals surface area contributed by atoms with Gasteiger partial charge in [-0.15, -0.1) is 0 Å². The van der Waals surface area contributed by atoms with E-state index >= 15 is 0 Å². The fourth-order valence-electron chi connectivity index (χ4n) is 5.67. The maximum atomic E-state index is 10.6. The van der Waals surface area contributed by atoms with Crippen molar-refractivity contribution in [3.63, 3.8) is 0 Å². The lowest BCUT2D eigenvalue weighted by Crippen LogP contribution is -2.48. The van der Waals surface area contributed by atoms with Gasteiger partial charge in [0.15, 0.2) is 0 Å². The summed E-state index contributed by atoms with van der Waals surface area (Å²) < 4.78 is 5.63. The van der Waals surface area contributed by atoms with Crippen LogP contribution in [0, 0.1) is 17.8 Å². The van der Waals surface area contributed by atoms with Gasteiger partial charge in [-0.05, 0) is 79.9 Å². The van der Waals surface area contributed by atoms with Crippen LogP contribution in [0.4, 0.5) is 5.69 Å². The van der Waals surface area contributed by atoms with Gasteiger partial charge >= 0.3 is 0 Å². The molecule has 110 valence electrons. The fraction of sp³-hybridized carbons (Fsp3) is 0.611. The minimum atomic E-state index is 0.258. The molecular formula is C18H21NO2. The van der Waals surface area contributed by atoms with Crippen LogP contribution in [0.3, 0.4) is 0 Å². The molecule has 4 aliphatic rings. The van der Waals surface area contributed by atoms with Crippen LogP contribution >= 0.6 is 0 Å². The van der Waals surface area contributed by atoms with E-state index < -0.39 is 0 Å². The SMILES string of the molecule is COc1ccc(N=C=O)cc1C12CC3CC(CC(C3)C1)C2. The molecule has 4 fully saturated rings. The molecule has 0 heterocycles. The molecule has 3 nitrogen and oxygen atoms in total. The van der Waals surface area contributed by atoms with Gasteiger partial charge in [-0.25, -0.2) is 4.79 Å². The van der Waals surface area contributed by atoms with Crippen molar-refractivity contribution >= 4 is 11.8 Å². The Morgan fingerprint density at radius 3 is 2.29 bits per heavy atom. The zero-order chi connectivity index (χ0) is 14.4. The van der Waals surface area contributed by atoms with Gasteiger partial charge in [-0.2, -0.15) is 4.99 Å². The number of benzene rings is 1. The third-order valence-corrected chi connectivity index (χ3v) is 5.97. The minimum absolute atomic E-state index is 0.258. The Bertz CT molecular complexity index is 580. The van der Waals surface area contributed by atoms with Crippen molar-refractivity contribution in [1.82, 2.24) is 0 Å². The molecule has 0 radical (unpaired) electrons. The Morgan fingerprint density at radius 1 is 1.14 bits per heavy atom. The standard InChI is InChI=1S/C18H21NO2/c1-21-17-3-2-15(19-11-20)7-16(17)18-8-12-4-13(9-18)6-14(5-12)10-18/h2-3,7,12-14H,4-6,8-10H2,1H3. The van der Waals surface area contributed by atoms with Crippen molar-refractivity contribution < 1.29 is 9.53 Å². The number of hydrogen-bond donors (Lipinski definition) is 0. The first-order chi connectivity index (χ1) is 10.2. The number of ether oxygens (including phenoxy) is 1. The van der Waals surface area contributed by atoms with E-state index in [1.54, 1.807) is 13.2 Å². The molecule has 0 aromatic heterocycles. The van der Waals surface area contributed by atoms with Crippen molar-refractivity contribution in [2.24, 2.45) is 22.7 Å². The largest absolute Gasteiger partial charge is 0.496 e. The summed E-state index contributed by atoms with van der Waals surface area (Å²) in [7, 11) is 1.74. The Morgan fingerprint density at radius 2 is 1.76 bits per heavy atom. The van der Waals surface area contributed by atoms with Crippen molar-refractivity contribution in [3.05, 3.63) is 23.8 Å². The first-order valence-electron chi connectivity index (χ1n) is 7.99. The zero-order valence-corrected chi connectivity index (χ0v) is 12.5. The second kappa shape index (κ2) is 4.71. The summed E-state index contributed by atoms with van der Waals surface area (Å²) in [4.78, 5) is 14.4. The number of nitrogens with zero attached hydrogens (tertiary/aromatic N) is 1. The topological polar surface area (TPSA) is 38.7 Å².